The molecule has 1 atom stereocenters. The Kier molecular flexibility index (Phi) is 4.44. The molecule has 0 saturated heterocycles. The number of rotatable bonds is 4. The van der Waals surface area contributed by atoms with Crippen molar-refractivity contribution in [1.82, 2.24) is 5.32 Å². The lowest BCUT2D eigenvalue weighted by Gasteiger charge is -2.20. The normalized spacial score (nSPS) is 13.8. The van der Waals surface area contributed by atoms with Crippen molar-refractivity contribution < 1.29 is 9.50 Å². The summed E-state index contributed by atoms with van der Waals surface area (Å²) in [6, 6.07) is 5.95. The van der Waals surface area contributed by atoms with E-state index in [1.165, 1.54) is 12.1 Å². The van der Waals surface area contributed by atoms with Crippen LogP contribution >= 0.6 is 0 Å². The Morgan fingerprint density at radius 1 is 1.25 bits per heavy atom. The van der Waals surface area contributed by atoms with Crippen LogP contribution < -0.4 is 5.32 Å². The Morgan fingerprint density at radius 2 is 1.81 bits per heavy atom. The molecular weight excluding hydrogens is 205 g/mol. The number of hydrogen-bond donors (Lipinski definition) is 2. The topological polar surface area (TPSA) is 32.3 Å². The molecule has 0 aliphatic rings. The summed E-state index contributed by atoms with van der Waals surface area (Å²) in [6.45, 7) is 7.72. The van der Waals surface area contributed by atoms with Crippen molar-refractivity contribution in [2.75, 3.05) is 13.1 Å². The average Bonchev–Trinajstić information content (AvgIpc) is 2.16. The fourth-order valence-corrected chi connectivity index (χ4v) is 1.39. The summed E-state index contributed by atoms with van der Waals surface area (Å²) < 4.78 is 12.7. The van der Waals surface area contributed by atoms with E-state index in [2.05, 4.69) is 26.1 Å². The summed E-state index contributed by atoms with van der Waals surface area (Å²) in [5.74, 6) is -0.279. The molecule has 16 heavy (non-hydrogen) atoms. The van der Waals surface area contributed by atoms with E-state index in [4.69, 9.17) is 0 Å². The Balaban J connectivity index is 2.41. The van der Waals surface area contributed by atoms with Gasteiger partial charge in [0.2, 0.25) is 0 Å². The van der Waals surface area contributed by atoms with Crippen LogP contribution in [0.3, 0.4) is 0 Å². The van der Waals surface area contributed by atoms with Gasteiger partial charge in [-0.15, -0.1) is 0 Å². The summed E-state index contributed by atoms with van der Waals surface area (Å²) in [4.78, 5) is 0. The fourth-order valence-electron chi connectivity index (χ4n) is 1.39. The molecule has 0 aliphatic carbocycles. The van der Waals surface area contributed by atoms with E-state index in [0.29, 0.717) is 6.54 Å². The molecule has 1 rings (SSSR count). The van der Waals surface area contributed by atoms with Gasteiger partial charge in [-0.25, -0.2) is 4.39 Å². The molecule has 90 valence electrons. The molecule has 0 spiro atoms. The van der Waals surface area contributed by atoms with Gasteiger partial charge in [-0.2, -0.15) is 0 Å². The SMILES string of the molecule is CC(C)(C)CNCC(O)c1ccc(F)cc1. The Morgan fingerprint density at radius 3 is 2.31 bits per heavy atom. The van der Waals surface area contributed by atoms with Gasteiger partial charge in [-0.3, -0.25) is 0 Å². The molecule has 0 bridgehead atoms. The van der Waals surface area contributed by atoms with Crippen LogP contribution in [0.25, 0.3) is 0 Å². The highest BCUT2D eigenvalue weighted by Crippen LogP contribution is 2.14. The van der Waals surface area contributed by atoms with Gasteiger partial charge in [0.1, 0.15) is 5.82 Å². The molecule has 3 heteroatoms. The van der Waals surface area contributed by atoms with Gasteiger partial charge in [-0.05, 0) is 23.1 Å². The first-order valence-corrected chi connectivity index (χ1v) is 5.53. The zero-order chi connectivity index (χ0) is 12.2. The Bertz CT molecular complexity index is 316. The van der Waals surface area contributed by atoms with Crippen molar-refractivity contribution in [3.63, 3.8) is 0 Å². The Hall–Kier alpha value is -0.930. The van der Waals surface area contributed by atoms with Gasteiger partial charge in [0.25, 0.3) is 0 Å². The smallest absolute Gasteiger partial charge is 0.123 e. The van der Waals surface area contributed by atoms with Crippen LogP contribution in [0.15, 0.2) is 24.3 Å². The molecule has 0 amide bonds. The first-order valence-electron chi connectivity index (χ1n) is 5.53. The standard InChI is InChI=1S/C13H20FNO/c1-13(2,3)9-15-8-12(16)10-4-6-11(14)7-5-10/h4-7,12,15-16H,8-9H2,1-3H3. The molecule has 2 N–H and O–H groups in total. The summed E-state index contributed by atoms with van der Waals surface area (Å²) >= 11 is 0. The van der Waals surface area contributed by atoms with Gasteiger partial charge < -0.3 is 10.4 Å². The predicted molar refractivity (Wildman–Crippen MR) is 63.7 cm³/mol. The van der Waals surface area contributed by atoms with Crippen LogP contribution in [0.5, 0.6) is 0 Å². The van der Waals surface area contributed by atoms with Gasteiger partial charge in [0.05, 0.1) is 6.10 Å². The van der Waals surface area contributed by atoms with E-state index in [1.54, 1.807) is 12.1 Å². The summed E-state index contributed by atoms with van der Waals surface area (Å²) in [5.41, 5.74) is 0.936. The molecule has 1 aromatic carbocycles. The van der Waals surface area contributed by atoms with E-state index in [9.17, 15) is 9.50 Å². The summed E-state index contributed by atoms with van der Waals surface area (Å²) in [7, 11) is 0. The van der Waals surface area contributed by atoms with E-state index in [-0.39, 0.29) is 11.2 Å². The van der Waals surface area contributed by atoms with Gasteiger partial charge in [0.15, 0.2) is 0 Å². The zero-order valence-electron chi connectivity index (χ0n) is 10.1. The Labute approximate surface area is 96.5 Å². The van der Waals surface area contributed by atoms with E-state index in [1.807, 2.05) is 0 Å². The summed E-state index contributed by atoms with van der Waals surface area (Å²) in [5, 5.41) is 13.0. The quantitative estimate of drug-likeness (QED) is 0.825. The second-order valence-corrected chi connectivity index (χ2v) is 5.26. The molecule has 1 unspecified atom stereocenters. The number of nitrogens with one attached hydrogen (secondary N) is 1. The van der Waals surface area contributed by atoms with Crippen molar-refractivity contribution in [3.05, 3.63) is 35.6 Å². The van der Waals surface area contributed by atoms with Crippen LogP contribution in [0.1, 0.15) is 32.4 Å². The van der Waals surface area contributed by atoms with Crippen molar-refractivity contribution >= 4 is 0 Å². The van der Waals surface area contributed by atoms with E-state index < -0.39 is 6.10 Å². The van der Waals surface area contributed by atoms with Gasteiger partial charge in [0, 0.05) is 13.1 Å². The van der Waals surface area contributed by atoms with Crippen LogP contribution in [-0.2, 0) is 0 Å². The second-order valence-electron chi connectivity index (χ2n) is 5.26. The maximum absolute atomic E-state index is 12.7. The third kappa shape index (κ3) is 4.73. The maximum atomic E-state index is 12.7. The third-order valence-corrected chi connectivity index (χ3v) is 2.25. The molecule has 2 nitrogen and oxygen atoms in total. The van der Waals surface area contributed by atoms with Crippen LogP contribution in [0, 0.1) is 11.2 Å². The lowest BCUT2D eigenvalue weighted by Crippen LogP contribution is -2.30. The molecule has 0 saturated carbocycles. The van der Waals surface area contributed by atoms with E-state index in [0.717, 1.165) is 12.1 Å². The number of halogens is 1. The number of aliphatic hydroxyl groups is 1. The highest BCUT2D eigenvalue weighted by molar-refractivity contribution is 5.18. The molecule has 0 radical (unpaired) electrons. The second kappa shape index (κ2) is 5.41. The van der Waals surface area contributed by atoms with Crippen LogP contribution in [0.2, 0.25) is 0 Å². The predicted octanol–water partition coefficient (Wildman–Crippen LogP) is 2.49. The monoisotopic (exact) mass is 225 g/mol. The highest BCUT2D eigenvalue weighted by Gasteiger charge is 2.11. The number of aliphatic hydroxyl groups excluding tert-OH is 1. The van der Waals surface area contributed by atoms with Gasteiger partial charge in [-0.1, -0.05) is 32.9 Å². The van der Waals surface area contributed by atoms with Gasteiger partial charge >= 0.3 is 0 Å². The van der Waals surface area contributed by atoms with E-state index >= 15 is 0 Å². The van der Waals surface area contributed by atoms with Crippen molar-refractivity contribution in [2.45, 2.75) is 26.9 Å². The number of benzene rings is 1. The van der Waals surface area contributed by atoms with Crippen molar-refractivity contribution in [2.24, 2.45) is 5.41 Å². The minimum atomic E-state index is -0.581. The van der Waals surface area contributed by atoms with Crippen molar-refractivity contribution in [1.29, 1.82) is 0 Å². The molecule has 1 aromatic rings. The number of hydrogen-bond acceptors (Lipinski definition) is 2. The average molecular weight is 225 g/mol. The molecule has 0 fully saturated rings. The molecule has 0 aromatic heterocycles. The maximum Gasteiger partial charge on any atom is 0.123 e. The fraction of sp³-hybridized carbons (Fsp3) is 0.538. The van der Waals surface area contributed by atoms with Crippen LogP contribution in [-0.4, -0.2) is 18.2 Å². The summed E-state index contributed by atoms with van der Waals surface area (Å²) in [6.07, 6.45) is -0.581. The van der Waals surface area contributed by atoms with Crippen LogP contribution in [0.4, 0.5) is 4.39 Å². The van der Waals surface area contributed by atoms with Crippen molar-refractivity contribution in [3.8, 4) is 0 Å². The highest BCUT2D eigenvalue weighted by atomic mass is 19.1. The largest absolute Gasteiger partial charge is 0.387 e. The minimum Gasteiger partial charge on any atom is -0.387 e. The minimum absolute atomic E-state index is 0.197. The molecule has 0 aliphatic heterocycles. The third-order valence-electron chi connectivity index (χ3n) is 2.25. The first kappa shape index (κ1) is 13.1. The lowest BCUT2D eigenvalue weighted by molar-refractivity contribution is 0.169. The zero-order valence-corrected chi connectivity index (χ0v) is 10.1. The lowest BCUT2D eigenvalue weighted by atomic mass is 9.97. The first-order chi connectivity index (χ1) is 7.38. The molecular formula is C13H20FNO. The molecule has 0 heterocycles.